The molecule has 7 heteroatoms. The predicted octanol–water partition coefficient (Wildman–Crippen LogP) is 1.48. The summed E-state index contributed by atoms with van der Waals surface area (Å²) in [5, 5.41) is 18.4. The van der Waals surface area contributed by atoms with E-state index >= 15 is 0 Å². The van der Waals surface area contributed by atoms with E-state index < -0.39 is 32.8 Å². The number of hydrogen-bond donors (Lipinski definition) is 3. The molecule has 0 aliphatic carbocycles. The quantitative estimate of drug-likeness (QED) is 0.781. The topological polar surface area (TPSA) is 104 Å². The van der Waals surface area contributed by atoms with Crippen LogP contribution in [0.3, 0.4) is 0 Å². The maximum Gasteiger partial charge on any atom is 0.339 e. The molecule has 3 N–H and O–H groups in total. The molecule has 1 aromatic carbocycles. The van der Waals surface area contributed by atoms with Crippen LogP contribution in [0.15, 0.2) is 17.0 Å². The molecule has 0 aromatic heterocycles. The summed E-state index contributed by atoms with van der Waals surface area (Å²) in [6.45, 7) is 6.53. The molecular weight excluding hydrogens is 270 g/mol. The lowest BCUT2D eigenvalue weighted by atomic mass is 10.1. The Labute approximate surface area is 112 Å². The first-order valence-corrected chi connectivity index (χ1v) is 7.03. The van der Waals surface area contributed by atoms with Crippen LogP contribution in [0.2, 0.25) is 0 Å². The molecule has 0 spiro atoms. The van der Waals surface area contributed by atoms with Gasteiger partial charge < -0.3 is 10.2 Å². The number of sulfonamides is 1. The number of phenols is 1. The van der Waals surface area contributed by atoms with Gasteiger partial charge in [0.1, 0.15) is 11.3 Å². The first-order chi connectivity index (χ1) is 8.44. The predicted molar refractivity (Wildman–Crippen MR) is 69.9 cm³/mol. The van der Waals surface area contributed by atoms with Gasteiger partial charge in [0.2, 0.25) is 10.0 Å². The van der Waals surface area contributed by atoms with Crippen molar-refractivity contribution in [2.45, 2.75) is 38.1 Å². The Hall–Kier alpha value is -1.60. The van der Waals surface area contributed by atoms with Crippen LogP contribution in [0.4, 0.5) is 0 Å². The van der Waals surface area contributed by atoms with Crippen molar-refractivity contribution in [2.75, 3.05) is 0 Å². The van der Waals surface area contributed by atoms with E-state index in [4.69, 9.17) is 5.11 Å². The minimum atomic E-state index is -3.85. The number of benzene rings is 1. The monoisotopic (exact) mass is 287 g/mol. The third-order valence-electron chi connectivity index (χ3n) is 2.25. The minimum Gasteiger partial charge on any atom is -0.507 e. The highest BCUT2D eigenvalue weighted by Gasteiger charge is 2.25. The first-order valence-electron chi connectivity index (χ1n) is 5.55. The summed E-state index contributed by atoms with van der Waals surface area (Å²) in [4.78, 5) is 10.8. The Kier molecular flexibility index (Phi) is 3.92. The third kappa shape index (κ3) is 3.68. The van der Waals surface area contributed by atoms with E-state index in [0.717, 1.165) is 12.1 Å². The molecule has 1 aromatic rings. The molecule has 0 aliphatic rings. The van der Waals surface area contributed by atoms with Crippen LogP contribution in [-0.4, -0.2) is 30.1 Å². The van der Waals surface area contributed by atoms with Gasteiger partial charge in [-0.25, -0.2) is 17.9 Å². The van der Waals surface area contributed by atoms with Gasteiger partial charge in [0, 0.05) is 5.54 Å². The lowest BCUT2D eigenvalue weighted by Crippen LogP contribution is -2.40. The highest BCUT2D eigenvalue weighted by Crippen LogP contribution is 2.26. The molecule has 0 unspecified atom stereocenters. The highest BCUT2D eigenvalue weighted by atomic mass is 32.2. The van der Waals surface area contributed by atoms with Gasteiger partial charge in [-0.2, -0.15) is 0 Å². The van der Waals surface area contributed by atoms with Crippen LogP contribution < -0.4 is 4.72 Å². The standard InChI is InChI=1S/C12H17NO5S/c1-7-5-9(14)8(11(15)16)6-10(7)19(17,18)13-12(2,3)4/h5-6,13-14H,1-4H3,(H,15,16). The molecule has 0 fully saturated rings. The van der Waals surface area contributed by atoms with Crippen LogP contribution in [0.5, 0.6) is 5.75 Å². The highest BCUT2D eigenvalue weighted by molar-refractivity contribution is 7.89. The normalized spacial score (nSPS) is 12.4. The van der Waals surface area contributed by atoms with Gasteiger partial charge in [0.25, 0.3) is 0 Å². The maximum absolute atomic E-state index is 12.2. The fraction of sp³-hybridized carbons (Fsp3) is 0.417. The zero-order valence-corrected chi connectivity index (χ0v) is 12.0. The van der Waals surface area contributed by atoms with Crippen LogP contribution >= 0.6 is 0 Å². The molecule has 0 saturated carbocycles. The van der Waals surface area contributed by atoms with E-state index in [1.54, 1.807) is 20.8 Å². The zero-order chi connectivity index (χ0) is 15.0. The average molecular weight is 287 g/mol. The lowest BCUT2D eigenvalue weighted by Gasteiger charge is -2.21. The molecule has 0 amide bonds. The summed E-state index contributed by atoms with van der Waals surface area (Å²) in [5.41, 5.74) is -0.855. The molecule has 19 heavy (non-hydrogen) atoms. The Balaban J connectivity index is 3.43. The van der Waals surface area contributed by atoms with Crippen LogP contribution in [-0.2, 0) is 10.0 Å². The van der Waals surface area contributed by atoms with Crippen molar-refractivity contribution >= 4 is 16.0 Å². The molecule has 0 radical (unpaired) electrons. The van der Waals surface area contributed by atoms with Crippen molar-refractivity contribution in [1.82, 2.24) is 4.72 Å². The number of carbonyl (C=O) groups is 1. The molecule has 0 saturated heterocycles. The average Bonchev–Trinajstić information content (AvgIpc) is 2.11. The molecule has 0 aliphatic heterocycles. The third-order valence-corrected chi connectivity index (χ3v) is 4.15. The number of carboxylic acids is 1. The Morgan fingerprint density at radius 3 is 2.21 bits per heavy atom. The Bertz CT molecular complexity index is 614. The second-order valence-electron chi connectivity index (χ2n) is 5.30. The molecule has 6 nitrogen and oxygen atoms in total. The van der Waals surface area contributed by atoms with Crippen molar-refractivity contribution in [3.63, 3.8) is 0 Å². The number of aromatic hydroxyl groups is 1. The van der Waals surface area contributed by atoms with E-state index in [1.165, 1.54) is 6.92 Å². The van der Waals surface area contributed by atoms with Gasteiger partial charge in [-0.3, -0.25) is 0 Å². The number of hydrogen-bond acceptors (Lipinski definition) is 4. The van der Waals surface area contributed by atoms with Crippen molar-refractivity contribution in [3.05, 3.63) is 23.3 Å². The fourth-order valence-corrected chi connectivity index (χ4v) is 3.26. The Morgan fingerprint density at radius 1 is 1.26 bits per heavy atom. The molecular formula is C12H17NO5S. The largest absolute Gasteiger partial charge is 0.507 e. The van der Waals surface area contributed by atoms with E-state index in [9.17, 15) is 18.3 Å². The number of aromatic carboxylic acids is 1. The van der Waals surface area contributed by atoms with Crippen molar-refractivity contribution < 1.29 is 23.4 Å². The summed E-state index contributed by atoms with van der Waals surface area (Å²) in [5.74, 6) is -1.84. The van der Waals surface area contributed by atoms with Gasteiger partial charge in [-0.15, -0.1) is 0 Å². The second-order valence-corrected chi connectivity index (χ2v) is 6.95. The van der Waals surface area contributed by atoms with Gasteiger partial charge in [-0.1, -0.05) is 0 Å². The van der Waals surface area contributed by atoms with Crippen molar-refractivity contribution in [1.29, 1.82) is 0 Å². The number of nitrogens with one attached hydrogen (secondary N) is 1. The summed E-state index contributed by atoms with van der Waals surface area (Å²) in [6, 6.07) is 2.09. The van der Waals surface area contributed by atoms with Crippen LogP contribution in [0.25, 0.3) is 0 Å². The molecule has 0 heterocycles. The van der Waals surface area contributed by atoms with E-state index in [2.05, 4.69) is 4.72 Å². The van der Waals surface area contributed by atoms with E-state index in [0.29, 0.717) is 0 Å². The summed E-state index contributed by atoms with van der Waals surface area (Å²) in [6.07, 6.45) is 0. The fourth-order valence-electron chi connectivity index (χ4n) is 1.59. The SMILES string of the molecule is Cc1cc(O)c(C(=O)O)cc1S(=O)(=O)NC(C)(C)C. The Morgan fingerprint density at radius 2 is 1.79 bits per heavy atom. The van der Waals surface area contributed by atoms with E-state index in [1.807, 2.05) is 0 Å². The lowest BCUT2D eigenvalue weighted by molar-refractivity contribution is 0.0693. The number of carboxylic acid groups (broad SMARTS) is 1. The molecule has 0 atom stereocenters. The van der Waals surface area contributed by atoms with E-state index in [-0.39, 0.29) is 10.5 Å². The van der Waals surface area contributed by atoms with Crippen LogP contribution in [0.1, 0.15) is 36.7 Å². The second kappa shape index (κ2) is 4.82. The van der Waals surface area contributed by atoms with Gasteiger partial charge in [0.15, 0.2) is 0 Å². The zero-order valence-electron chi connectivity index (χ0n) is 11.2. The van der Waals surface area contributed by atoms with Gasteiger partial charge in [-0.05, 0) is 45.4 Å². The number of rotatable bonds is 3. The maximum atomic E-state index is 12.2. The molecule has 106 valence electrons. The molecule has 0 bridgehead atoms. The first kappa shape index (κ1) is 15.5. The van der Waals surface area contributed by atoms with Crippen molar-refractivity contribution in [3.8, 4) is 5.75 Å². The molecule has 1 rings (SSSR count). The minimum absolute atomic E-state index is 0.155. The van der Waals surface area contributed by atoms with Crippen LogP contribution in [0, 0.1) is 6.92 Å². The smallest absolute Gasteiger partial charge is 0.339 e. The van der Waals surface area contributed by atoms with Gasteiger partial charge >= 0.3 is 5.97 Å². The number of aryl methyl sites for hydroxylation is 1. The summed E-state index contributed by atoms with van der Waals surface area (Å²) < 4.78 is 26.8. The summed E-state index contributed by atoms with van der Waals surface area (Å²) >= 11 is 0. The van der Waals surface area contributed by atoms with Gasteiger partial charge in [0.05, 0.1) is 4.90 Å². The summed E-state index contributed by atoms with van der Waals surface area (Å²) in [7, 11) is -3.85. The van der Waals surface area contributed by atoms with Crippen molar-refractivity contribution in [2.24, 2.45) is 0 Å².